The van der Waals surface area contributed by atoms with Gasteiger partial charge in [0, 0.05) is 19.0 Å². The Morgan fingerprint density at radius 3 is 2.32 bits per heavy atom. The third kappa shape index (κ3) is 4.50. The first kappa shape index (κ1) is 14.8. The van der Waals surface area contributed by atoms with E-state index in [0.29, 0.717) is 0 Å². The number of hydrogen-bond donors (Lipinski definition) is 4. The van der Waals surface area contributed by atoms with Crippen molar-refractivity contribution in [2.45, 2.75) is 26.3 Å². The molecule has 6 heteroatoms. The van der Waals surface area contributed by atoms with Gasteiger partial charge in [-0.3, -0.25) is 9.59 Å². The highest BCUT2D eigenvalue weighted by Gasteiger charge is 2.15. The summed E-state index contributed by atoms with van der Waals surface area (Å²) in [6.45, 7) is 3.82. The minimum absolute atomic E-state index is 0.0467. The molecule has 104 valence electrons. The molecule has 0 spiro atoms. The van der Waals surface area contributed by atoms with E-state index in [4.69, 9.17) is 0 Å². The summed E-state index contributed by atoms with van der Waals surface area (Å²) in [7, 11) is 0. The number of hydrogen-bond acceptors (Lipinski definition) is 4. The lowest BCUT2D eigenvalue weighted by atomic mass is 10.1. The van der Waals surface area contributed by atoms with Gasteiger partial charge in [-0.2, -0.15) is 0 Å². The topological polar surface area (TPSA) is 98.7 Å². The molecule has 0 fully saturated rings. The van der Waals surface area contributed by atoms with Crippen LogP contribution in [0.1, 0.15) is 30.6 Å². The molecule has 1 rings (SSSR count). The molecule has 0 atom stereocenters. The largest absolute Gasteiger partial charge is 0.507 e. The molecule has 0 saturated carbocycles. The molecule has 19 heavy (non-hydrogen) atoms. The number of carbonyl (C=O) groups excluding carboxylic acids is 2. The van der Waals surface area contributed by atoms with E-state index >= 15 is 0 Å². The smallest absolute Gasteiger partial charge is 0.258 e. The van der Waals surface area contributed by atoms with Crippen LogP contribution in [-0.2, 0) is 4.79 Å². The average Bonchev–Trinajstić information content (AvgIpc) is 2.27. The highest BCUT2D eigenvalue weighted by atomic mass is 16.3. The van der Waals surface area contributed by atoms with Crippen molar-refractivity contribution in [1.29, 1.82) is 0 Å². The van der Waals surface area contributed by atoms with Crippen molar-refractivity contribution < 1.29 is 19.8 Å². The zero-order chi connectivity index (χ0) is 14.4. The number of phenols is 2. The Labute approximate surface area is 111 Å². The Kier molecular flexibility index (Phi) is 5.17. The summed E-state index contributed by atoms with van der Waals surface area (Å²) in [4.78, 5) is 23.1. The van der Waals surface area contributed by atoms with E-state index in [1.165, 1.54) is 18.2 Å². The first-order valence-electron chi connectivity index (χ1n) is 6.00. The fourth-order valence-corrected chi connectivity index (χ4v) is 1.53. The molecule has 0 unspecified atom stereocenters. The van der Waals surface area contributed by atoms with Gasteiger partial charge in [-0.25, -0.2) is 0 Å². The Morgan fingerprint density at radius 2 is 1.79 bits per heavy atom. The van der Waals surface area contributed by atoms with Crippen LogP contribution in [0.2, 0.25) is 0 Å². The van der Waals surface area contributed by atoms with Gasteiger partial charge in [0.25, 0.3) is 5.91 Å². The minimum atomic E-state index is -0.618. The number of benzene rings is 1. The molecular weight excluding hydrogens is 248 g/mol. The molecule has 0 aliphatic rings. The molecule has 0 aromatic heterocycles. The van der Waals surface area contributed by atoms with Gasteiger partial charge < -0.3 is 20.8 Å². The van der Waals surface area contributed by atoms with Gasteiger partial charge in [0.2, 0.25) is 5.91 Å². The van der Waals surface area contributed by atoms with Crippen molar-refractivity contribution in [3.63, 3.8) is 0 Å². The van der Waals surface area contributed by atoms with Crippen molar-refractivity contribution in [2.75, 3.05) is 6.54 Å². The van der Waals surface area contributed by atoms with Crippen LogP contribution >= 0.6 is 0 Å². The van der Waals surface area contributed by atoms with Crippen molar-refractivity contribution in [1.82, 2.24) is 10.6 Å². The quantitative estimate of drug-likeness (QED) is 0.631. The highest BCUT2D eigenvalue weighted by molar-refractivity contribution is 5.99. The predicted molar refractivity (Wildman–Crippen MR) is 70.0 cm³/mol. The maximum absolute atomic E-state index is 11.7. The summed E-state index contributed by atoms with van der Waals surface area (Å²) in [5.41, 5.74) is -0.188. The lowest BCUT2D eigenvalue weighted by Crippen LogP contribution is -2.34. The summed E-state index contributed by atoms with van der Waals surface area (Å²) in [6, 6.07) is 4.09. The van der Waals surface area contributed by atoms with E-state index in [9.17, 15) is 19.8 Å². The number of phenolic OH excluding ortho intramolecular Hbond substituents is 2. The SMILES string of the molecule is CC(C)NC(=O)CCNC(=O)c1c(O)cccc1O. The predicted octanol–water partition coefficient (Wildman–Crippen LogP) is 0.742. The first-order valence-corrected chi connectivity index (χ1v) is 6.00. The number of carbonyl (C=O) groups is 2. The number of nitrogens with one attached hydrogen (secondary N) is 2. The zero-order valence-electron chi connectivity index (χ0n) is 10.9. The van der Waals surface area contributed by atoms with E-state index in [1.807, 2.05) is 13.8 Å². The molecular formula is C13H18N2O4. The standard InChI is InChI=1S/C13H18N2O4/c1-8(2)15-11(18)6-7-14-13(19)12-9(16)4-3-5-10(12)17/h3-5,8,16-17H,6-7H2,1-2H3,(H,14,19)(H,15,18). The van der Waals surface area contributed by atoms with Crippen molar-refractivity contribution in [3.05, 3.63) is 23.8 Å². The molecule has 4 N–H and O–H groups in total. The number of amides is 2. The van der Waals surface area contributed by atoms with Crippen LogP contribution in [0.25, 0.3) is 0 Å². The summed E-state index contributed by atoms with van der Waals surface area (Å²) in [5, 5.41) is 24.1. The summed E-state index contributed by atoms with van der Waals surface area (Å²) in [6.07, 6.45) is 0.137. The third-order valence-corrected chi connectivity index (χ3v) is 2.33. The van der Waals surface area contributed by atoms with Gasteiger partial charge >= 0.3 is 0 Å². The minimum Gasteiger partial charge on any atom is -0.507 e. The molecule has 0 aliphatic heterocycles. The van der Waals surface area contributed by atoms with Crippen LogP contribution in [0, 0.1) is 0 Å². The van der Waals surface area contributed by atoms with Gasteiger partial charge in [0.15, 0.2) is 0 Å². The highest BCUT2D eigenvalue weighted by Crippen LogP contribution is 2.25. The molecule has 1 aromatic carbocycles. The molecule has 6 nitrogen and oxygen atoms in total. The van der Waals surface area contributed by atoms with Crippen LogP contribution in [-0.4, -0.2) is 34.6 Å². The Balaban J connectivity index is 2.50. The summed E-state index contributed by atoms with van der Waals surface area (Å²) < 4.78 is 0. The van der Waals surface area contributed by atoms with Crippen LogP contribution in [0.4, 0.5) is 0 Å². The Hall–Kier alpha value is -2.24. The number of rotatable bonds is 5. The van der Waals surface area contributed by atoms with E-state index < -0.39 is 5.91 Å². The molecule has 0 bridgehead atoms. The fourth-order valence-electron chi connectivity index (χ4n) is 1.53. The first-order chi connectivity index (χ1) is 8.91. The maximum atomic E-state index is 11.7. The summed E-state index contributed by atoms with van der Waals surface area (Å²) >= 11 is 0. The fraction of sp³-hybridized carbons (Fsp3) is 0.385. The lowest BCUT2D eigenvalue weighted by molar-refractivity contribution is -0.121. The normalized spacial score (nSPS) is 10.3. The number of aromatic hydroxyl groups is 2. The zero-order valence-corrected chi connectivity index (χ0v) is 10.9. The second kappa shape index (κ2) is 6.63. The molecule has 0 heterocycles. The van der Waals surface area contributed by atoms with Crippen LogP contribution < -0.4 is 10.6 Å². The molecule has 2 amide bonds. The van der Waals surface area contributed by atoms with Crippen LogP contribution in [0.5, 0.6) is 11.5 Å². The van der Waals surface area contributed by atoms with E-state index in [2.05, 4.69) is 10.6 Å². The second-order valence-electron chi connectivity index (χ2n) is 4.40. The Bertz CT molecular complexity index is 451. The van der Waals surface area contributed by atoms with Gasteiger partial charge in [0.1, 0.15) is 17.1 Å². The van der Waals surface area contributed by atoms with E-state index in [0.717, 1.165) is 0 Å². The molecule has 1 aromatic rings. The van der Waals surface area contributed by atoms with Crippen molar-refractivity contribution >= 4 is 11.8 Å². The monoisotopic (exact) mass is 266 g/mol. The maximum Gasteiger partial charge on any atom is 0.258 e. The van der Waals surface area contributed by atoms with Gasteiger partial charge in [-0.1, -0.05) is 6.07 Å². The van der Waals surface area contributed by atoms with Crippen molar-refractivity contribution in [3.8, 4) is 11.5 Å². The van der Waals surface area contributed by atoms with Crippen LogP contribution in [0.15, 0.2) is 18.2 Å². The molecule has 0 aliphatic carbocycles. The molecule has 0 radical (unpaired) electrons. The molecule has 0 saturated heterocycles. The van der Waals surface area contributed by atoms with E-state index in [-0.39, 0.29) is 42.0 Å². The van der Waals surface area contributed by atoms with Crippen molar-refractivity contribution in [2.24, 2.45) is 0 Å². The summed E-state index contributed by atoms with van der Waals surface area (Å²) in [5.74, 6) is -1.39. The Morgan fingerprint density at radius 1 is 1.21 bits per heavy atom. The van der Waals surface area contributed by atoms with Crippen LogP contribution in [0.3, 0.4) is 0 Å². The second-order valence-corrected chi connectivity index (χ2v) is 4.40. The average molecular weight is 266 g/mol. The lowest BCUT2D eigenvalue weighted by Gasteiger charge is -2.10. The van der Waals surface area contributed by atoms with Gasteiger partial charge in [-0.15, -0.1) is 0 Å². The third-order valence-electron chi connectivity index (χ3n) is 2.33. The van der Waals surface area contributed by atoms with Gasteiger partial charge in [0.05, 0.1) is 0 Å². The van der Waals surface area contributed by atoms with Gasteiger partial charge in [-0.05, 0) is 26.0 Å². The van der Waals surface area contributed by atoms with E-state index in [1.54, 1.807) is 0 Å².